The smallest absolute Gasteiger partial charge is 0.332 e. The van der Waals surface area contributed by atoms with Gasteiger partial charge in [0.05, 0.1) is 17.7 Å². The summed E-state index contributed by atoms with van der Waals surface area (Å²) in [5.74, 6) is -1.41. The molecule has 0 bridgehead atoms. The normalized spacial score (nSPS) is 17.4. The quantitative estimate of drug-likeness (QED) is 0.497. The van der Waals surface area contributed by atoms with Crippen LogP contribution in [0.15, 0.2) is 67.7 Å². The van der Waals surface area contributed by atoms with Crippen molar-refractivity contribution in [2.45, 2.75) is 19.4 Å². The number of likely N-dealkylation sites (N-methyl/N-ethyl adjacent to an activating group) is 1. The topological polar surface area (TPSA) is 99.0 Å². The highest BCUT2D eigenvalue weighted by molar-refractivity contribution is 6.04. The van der Waals surface area contributed by atoms with Crippen LogP contribution in [0.3, 0.4) is 0 Å². The Balaban J connectivity index is 1.59. The Kier molecular flexibility index (Phi) is 6.65. The van der Waals surface area contributed by atoms with Gasteiger partial charge < -0.3 is 9.15 Å². The zero-order chi connectivity index (χ0) is 24.4. The Morgan fingerprint density at radius 1 is 1.12 bits per heavy atom. The maximum absolute atomic E-state index is 13.3. The van der Waals surface area contributed by atoms with Crippen LogP contribution in [-0.4, -0.2) is 45.9 Å². The number of rotatable bonds is 7. The molecule has 0 saturated heterocycles. The molecular formula is C25H28N4O5. The minimum absolute atomic E-state index is 0.189. The molecule has 0 N–H and O–H groups in total. The van der Waals surface area contributed by atoms with Crippen LogP contribution in [0.2, 0.25) is 0 Å². The summed E-state index contributed by atoms with van der Waals surface area (Å²) in [5, 5.41) is 0. The first-order chi connectivity index (χ1) is 16.3. The number of furan rings is 1. The number of nitrogens with zero attached hydrogens (tertiary/aromatic N) is 4. The van der Waals surface area contributed by atoms with Crippen LogP contribution in [0, 0.1) is 5.92 Å². The van der Waals surface area contributed by atoms with Crippen molar-refractivity contribution in [3.63, 3.8) is 0 Å². The lowest BCUT2D eigenvalue weighted by atomic mass is 9.80. The number of hydrogen-bond acceptors (Lipinski definition) is 7. The fourth-order valence-corrected chi connectivity index (χ4v) is 4.36. The van der Waals surface area contributed by atoms with E-state index in [0.717, 1.165) is 11.1 Å². The number of carbonyl (C=O) groups is 1. The number of ether oxygens (including phenoxy) is 1. The second-order valence-corrected chi connectivity index (χ2v) is 8.56. The lowest BCUT2D eigenvalue weighted by Gasteiger charge is -2.30. The lowest BCUT2D eigenvalue weighted by Crippen LogP contribution is -2.44. The number of esters is 1. The predicted octanol–water partition coefficient (Wildman–Crippen LogP) is 2.21. The van der Waals surface area contributed by atoms with Crippen molar-refractivity contribution in [1.29, 1.82) is 0 Å². The maximum Gasteiger partial charge on any atom is 0.332 e. The average molecular weight is 465 g/mol. The Bertz CT molecular complexity index is 1320. The number of fused-ring (bicyclic) bond motifs is 1. The van der Waals surface area contributed by atoms with E-state index in [0.29, 0.717) is 18.0 Å². The SMILES string of the molecule is CC1=Nc2c(c(=O)n(C)c(=O)n2C)C(c2ccco2)C1C(=O)OCCN(C)Cc1ccccc1. The van der Waals surface area contributed by atoms with Crippen molar-refractivity contribution in [1.82, 2.24) is 14.0 Å². The van der Waals surface area contributed by atoms with Gasteiger partial charge in [-0.3, -0.25) is 23.6 Å². The summed E-state index contributed by atoms with van der Waals surface area (Å²) in [4.78, 5) is 45.4. The van der Waals surface area contributed by atoms with Crippen LogP contribution in [0.5, 0.6) is 0 Å². The second-order valence-electron chi connectivity index (χ2n) is 8.56. The van der Waals surface area contributed by atoms with Crippen molar-refractivity contribution in [3.8, 4) is 0 Å². The molecule has 34 heavy (non-hydrogen) atoms. The van der Waals surface area contributed by atoms with Gasteiger partial charge in [-0.1, -0.05) is 30.3 Å². The van der Waals surface area contributed by atoms with E-state index >= 15 is 0 Å². The number of hydrogen-bond donors (Lipinski definition) is 0. The fourth-order valence-electron chi connectivity index (χ4n) is 4.36. The summed E-state index contributed by atoms with van der Waals surface area (Å²) in [6.07, 6.45) is 1.49. The minimum Gasteiger partial charge on any atom is -0.469 e. The van der Waals surface area contributed by atoms with Gasteiger partial charge in [-0.15, -0.1) is 0 Å². The Morgan fingerprint density at radius 2 is 1.85 bits per heavy atom. The van der Waals surface area contributed by atoms with E-state index in [4.69, 9.17) is 9.15 Å². The first kappa shape index (κ1) is 23.4. The van der Waals surface area contributed by atoms with Crippen molar-refractivity contribution in [2.75, 3.05) is 20.2 Å². The summed E-state index contributed by atoms with van der Waals surface area (Å²) in [6.45, 7) is 3.17. The molecule has 0 radical (unpaired) electrons. The number of aromatic nitrogens is 2. The lowest BCUT2D eigenvalue weighted by molar-refractivity contribution is -0.147. The highest BCUT2D eigenvalue weighted by Gasteiger charge is 2.43. The molecule has 9 nitrogen and oxygen atoms in total. The third kappa shape index (κ3) is 4.38. The molecule has 0 saturated carbocycles. The fraction of sp³-hybridized carbons (Fsp3) is 0.360. The molecule has 1 aromatic carbocycles. The van der Waals surface area contributed by atoms with E-state index in [1.807, 2.05) is 37.4 Å². The summed E-state index contributed by atoms with van der Waals surface area (Å²) in [5.41, 5.74) is 0.882. The Hall–Kier alpha value is -3.72. The molecule has 1 aliphatic heterocycles. The van der Waals surface area contributed by atoms with E-state index in [2.05, 4.69) is 9.89 Å². The van der Waals surface area contributed by atoms with Gasteiger partial charge in [-0.2, -0.15) is 0 Å². The van der Waals surface area contributed by atoms with Gasteiger partial charge in [0, 0.05) is 32.9 Å². The third-order valence-corrected chi connectivity index (χ3v) is 6.16. The third-order valence-electron chi connectivity index (χ3n) is 6.16. The summed E-state index contributed by atoms with van der Waals surface area (Å²) in [6, 6.07) is 13.4. The number of carbonyl (C=O) groups excluding carboxylic acids is 1. The van der Waals surface area contributed by atoms with E-state index in [1.165, 1.54) is 23.4 Å². The van der Waals surface area contributed by atoms with Crippen LogP contribution in [0.4, 0.5) is 5.82 Å². The molecule has 9 heteroatoms. The molecular weight excluding hydrogens is 436 g/mol. The van der Waals surface area contributed by atoms with Gasteiger partial charge in [0.15, 0.2) is 0 Å². The zero-order valence-electron chi connectivity index (χ0n) is 19.7. The van der Waals surface area contributed by atoms with Gasteiger partial charge in [-0.05, 0) is 31.7 Å². The van der Waals surface area contributed by atoms with Crippen molar-refractivity contribution in [3.05, 3.63) is 86.5 Å². The number of aliphatic imine (C=N–C) groups is 1. The van der Waals surface area contributed by atoms with E-state index in [9.17, 15) is 14.4 Å². The van der Waals surface area contributed by atoms with Crippen molar-refractivity contribution in [2.24, 2.45) is 25.0 Å². The molecule has 0 aliphatic carbocycles. The van der Waals surface area contributed by atoms with Crippen LogP contribution >= 0.6 is 0 Å². The first-order valence-electron chi connectivity index (χ1n) is 11.1. The van der Waals surface area contributed by atoms with E-state index < -0.39 is 29.1 Å². The summed E-state index contributed by atoms with van der Waals surface area (Å²) < 4.78 is 13.6. The minimum atomic E-state index is -0.844. The molecule has 0 amide bonds. The molecule has 3 heterocycles. The molecule has 0 spiro atoms. The van der Waals surface area contributed by atoms with Gasteiger partial charge in [-0.25, -0.2) is 9.79 Å². The molecule has 1 aliphatic rings. The van der Waals surface area contributed by atoms with Gasteiger partial charge in [0.2, 0.25) is 0 Å². The zero-order valence-corrected chi connectivity index (χ0v) is 19.7. The van der Waals surface area contributed by atoms with Crippen LogP contribution < -0.4 is 11.2 Å². The highest BCUT2D eigenvalue weighted by Crippen LogP contribution is 2.40. The summed E-state index contributed by atoms with van der Waals surface area (Å²) >= 11 is 0. The molecule has 3 aromatic rings. The monoisotopic (exact) mass is 464 g/mol. The van der Waals surface area contributed by atoms with E-state index in [1.54, 1.807) is 26.1 Å². The molecule has 178 valence electrons. The summed E-state index contributed by atoms with van der Waals surface area (Å²) in [7, 11) is 4.92. The van der Waals surface area contributed by atoms with Crippen LogP contribution in [0.25, 0.3) is 0 Å². The molecule has 2 atom stereocenters. The van der Waals surface area contributed by atoms with Crippen LogP contribution in [-0.2, 0) is 30.2 Å². The molecule has 4 rings (SSSR count). The predicted molar refractivity (Wildman–Crippen MR) is 127 cm³/mol. The standard InChI is InChI=1S/C25H28N4O5/c1-16-19(24(31)34-14-12-27(2)15-17-9-6-5-7-10-17)20(18-11-8-13-33-18)21-22(26-16)28(3)25(32)29(4)23(21)30/h5-11,13,19-20H,12,14-15H2,1-4H3. The highest BCUT2D eigenvalue weighted by atomic mass is 16.5. The van der Waals surface area contributed by atoms with Gasteiger partial charge in [0.25, 0.3) is 5.56 Å². The molecule has 2 unspecified atom stereocenters. The van der Waals surface area contributed by atoms with E-state index in [-0.39, 0.29) is 18.0 Å². The Labute approximate surface area is 196 Å². The average Bonchev–Trinajstić information content (AvgIpc) is 3.36. The van der Waals surface area contributed by atoms with Crippen molar-refractivity contribution < 1.29 is 13.9 Å². The largest absolute Gasteiger partial charge is 0.469 e. The van der Waals surface area contributed by atoms with Gasteiger partial charge >= 0.3 is 11.7 Å². The first-order valence-corrected chi connectivity index (χ1v) is 11.1. The van der Waals surface area contributed by atoms with Crippen molar-refractivity contribution >= 4 is 17.5 Å². The molecule has 2 aromatic heterocycles. The Morgan fingerprint density at radius 3 is 2.53 bits per heavy atom. The van der Waals surface area contributed by atoms with Gasteiger partial charge in [0.1, 0.15) is 24.1 Å². The second kappa shape index (κ2) is 9.64. The van der Waals surface area contributed by atoms with Crippen LogP contribution in [0.1, 0.15) is 29.7 Å². The molecule has 0 fully saturated rings. The maximum atomic E-state index is 13.3. The number of benzene rings is 1.